The Morgan fingerprint density at radius 2 is 1.78 bits per heavy atom. The Morgan fingerprint density at radius 3 is 2.46 bits per heavy atom. The maximum absolute atomic E-state index is 11.8. The van der Waals surface area contributed by atoms with Crippen molar-refractivity contribution in [1.82, 2.24) is 4.90 Å². The molecule has 2 heterocycles. The lowest BCUT2D eigenvalue weighted by Gasteiger charge is -2.39. The highest BCUT2D eigenvalue weighted by molar-refractivity contribution is 6.32. The lowest BCUT2D eigenvalue weighted by Crippen LogP contribution is -2.49. The van der Waals surface area contributed by atoms with Crippen molar-refractivity contribution in [2.45, 2.75) is 37.6 Å². The number of halogens is 3. The van der Waals surface area contributed by atoms with Crippen molar-refractivity contribution < 1.29 is 34.0 Å². The fraction of sp³-hybridized carbons (Fsp3) is 0.367. The minimum atomic E-state index is -1.19. The van der Waals surface area contributed by atoms with Crippen molar-refractivity contribution in [3.05, 3.63) is 81.3 Å². The van der Waals surface area contributed by atoms with Gasteiger partial charge >= 0.3 is 5.97 Å². The van der Waals surface area contributed by atoms with E-state index in [1.165, 1.54) is 12.1 Å². The smallest absolute Gasteiger partial charge is 0.339 e. The molecular formula is C30H32Cl3NO7. The van der Waals surface area contributed by atoms with Gasteiger partial charge in [-0.2, -0.15) is 0 Å². The van der Waals surface area contributed by atoms with E-state index in [1.54, 1.807) is 7.11 Å². The summed E-state index contributed by atoms with van der Waals surface area (Å²) in [6, 6.07) is 15.9. The van der Waals surface area contributed by atoms with E-state index in [2.05, 4.69) is 4.90 Å². The second-order valence-electron chi connectivity index (χ2n) is 10.2. The van der Waals surface area contributed by atoms with Crippen LogP contribution in [0.25, 0.3) is 0 Å². The number of fused-ring (bicyclic) bond motifs is 1. The highest BCUT2D eigenvalue weighted by Crippen LogP contribution is 2.42. The first-order chi connectivity index (χ1) is 19.2. The summed E-state index contributed by atoms with van der Waals surface area (Å²) in [5.74, 6) is 0.805. The van der Waals surface area contributed by atoms with Crippen molar-refractivity contribution in [3.63, 3.8) is 0 Å². The molecule has 0 aliphatic carbocycles. The number of ether oxygens (including phenoxy) is 4. The number of aromatic carboxylic acids is 1. The molecule has 2 aliphatic heterocycles. The van der Waals surface area contributed by atoms with Crippen LogP contribution in [0.15, 0.2) is 54.6 Å². The normalized spacial score (nSPS) is 16.3. The number of benzene rings is 3. The molecule has 0 radical (unpaired) electrons. The highest BCUT2D eigenvalue weighted by atomic mass is 35.5. The first kappa shape index (κ1) is 31.1. The number of hydrogen-bond donors (Lipinski definition) is 2. The number of methoxy groups -OCH3 is 1. The van der Waals surface area contributed by atoms with Crippen LogP contribution in [0.2, 0.25) is 10.0 Å². The van der Waals surface area contributed by atoms with E-state index in [4.69, 9.17) is 42.1 Å². The van der Waals surface area contributed by atoms with E-state index in [0.29, 0.717) is 11.6 Å². The summed E-state index contributed by atoms with van der Waals surface area (Å²) >= 11 is 12.4. The number of rotatable bonds is 10. The van der Waals surface area contributed by atoms with E-state index in [0.717, 1.165) is 55.0 Å². The third kappa shape index (κ3) is 7.50. The molecule has 1 atom stereocenters. The molecule has 2 aliphatic rings. The molecule has 41 heavy (non-hydrogen) atoms. The third-order valence-corrected chi connectivity index (χ3v) is 7.88. The van der Waals surface area contributed by atoms with Gasteiger partial charge in [-0.1, -0.05) is 35.3 Å². The molecule has 1 saturated heterocycles. The van der Waals surface area contributed by atoms with Gasteiger partial charge < -0.3 is 34.1 Å². The van der Waals surface area contributed by atoms with Gasteiger partial charge in [-0.05, 0) is 47.5 Å². The second-order valence-corrected chi connectivity index (χ2v) is 11.0. The van der Waals surface area contributed by atoms with Crippen molar-refractivity contribution in [3.8, 4) is 23.0 Å². The Balaban J connectivity index is 0.00000387. The molecule has 0 aromatic heterocycles. The number of carboxylic acids is 1. The van der Waals surface area contributed by atoms with Crippen LogP contribution in [0, 0.1) is 0 Å². The molecule has 1 fully saturated rings. The van der Waals surface area contributed by atoms with Crippen molar-refractivity contribution in [1.29, 1.82) is 0 Å². The molecule has 11 heteroatoms. The molecule has 5 rings (SSSR count). The molecule has 0 saturated carbocycles. The van der Waals surface area contributed by atoms with Crippen LogP contribution >= 0.6 is 35.6 Å². The van der Waals surface area contributed by atoms with Crippen LogP contribution in [0.3, 0.4) is 0 Å². The first-order valence-corrected chi connectivity index (χ1v) is 13.8. The summed E-state index contributed by atoms with van der Waals surface area (Å²) in [6.45, 7) is 2.07. The molecule has 1 spiro atoms. The average Bonchev–Trinajstić information content (AvgIpc) is 3.29. The van der Waals surface area contributed by atoms with Crippen molar-refractivity contribution in [2.24, 2.45) is 0 Å². The number of hydrogen-bond acceptors (Lipinski definition) is 7. The Labute approximate surface area is 255 Å². The van der Waals surface area contributed by atoms with Crippen LogP contribution in [0.5, 0.6) is 23.0 Å². The summed E-state index contributed by atoms with van der Waals surface area (Å²) in [5, 5.41) is 21.2. The Bertz CT molecular complexity index is 1360. The molecule has 0 bridgehead atoms. The van der Waals surface area contributed by atoms with E-state index in [9.17, 15) is 15.0 Å². The van der Waals surface area contributed by atoms with Gasteiger partial charge in [0, 0.05) is 50.0 Å². The predicted molar refractivity (Wildman–Crippen MR) is 159 cm³/mol. The lowest BCUT2D eigenvalue weighted by molar-refractivity contribution is -0.00204. The summed E-state index contributed by atoms with van der Waals surface area (Å²) in [6.07, 6.45) is 1.68. The molecule has 3 aromatic rings. The SMILES string of the molecule is COc1ccc(COc2cc(OC[C@@H](O)CN3CCC4(CC3)Cc3cc(Cl)ccc3O4)c(C(=O)O)cc2Cl)cc1.Cl. The first-order valence-electron chi connectivity index (χ1n) is 13.1. The number of likely N-dealkylation sites (tertiary alicyclic amines) is 1. The molecule has 220 valence electrons. The zero-order valence-corrected chi connectivity index (χ0v) is 24.8. The average molecular weight is 625 g/mol. The van der Waals surface area contributed by atoms with Crippen molar-refractivity contribution >= 4 is 41.6 Å². The number of nitrogens with zero attached hydrogens (tertiary/aromatic N) is 1. The second kappa shape index (κ2) is 13.4. The maximum atomic E-state index is 11.8. The van der Waals surface area contributed by atoms with Gasteiger partial charge in [0.1, 0.15) is 53.5 Å². The predicted octanol–water partition coefficient (Wildman–Crippen LogP) is 5.91. The minimum Gasteiger partial charge on any atom is -0.497 e. The number of carboxylic acid groups (broad SMARTS) is 1. The van der Waals surface area contributed by atoms with Gasteiger partial charge in [0.15, 0.2) is 0 Å². The Morgan fingerprint density at radius 1 is 1.05 bits per heavy atom. The van der Waals surface area contributed by atoms with Gasteiger partial charge in [0.05, 0.1) is 12.1 Å². The number of carbonyl (C=O) groups is 1. The third-order valence-electron chi connectivity index (χ3n) is 7.35. The fourth-order valence-corrected chi connectivity index (χ4v) is 5.59. The van der Waals surface area contributed by atoms with Crippen LogP contribution in [-0.4, -0.2) is 66.1 Å². The largest absolute Gasteiger partial charge is 0.497 e. The molecule has 0 unspecified atom stereocenters. The summed E-state index contributed by atoms with van der Waals surface area (Å²) in [5.41, 5.74) is 1.69. The Kier molecular flexibility index (Phi) is 10.2. The van der Waals surface area contributed by atoms with E-state index in [1.807, 2.05) is 42.5 Å². The molecule has 3 aromatic carbocycles. The van der Waals surface area contributed by atoms with Gasteiger partial charge in [0.2, 0.25) is 0 Å². The topological polar surface area (TPSA) is 97.7 Å². The van der Waals surface area contributed by atoms with Gasteiger partial charge in [0.25, 0.3) is 0 Å². The standard InChI is InChI=1S/C30H31Cl2NO7.ClH/c1-37-23-5-2-19(3-6-23)17-38-28-14-27(24(29(35)36)13-25(28)32)39-18-22(34)16-33-10-8-30(9-11-33)15-20-12-21(31)4-7-26(20)40-30;/h2-7,12-14,22,34H,8-11,15-18H2,1H3,(H,35,36);1H/t22-;/m0./s1. The summed E-state index contributed by atoms with van der Waals surface area (Å²) in [4.78, 5) is 14.0. The Hall–Kier alpha value is -2.88. The number of β-amino-alcohol motifs (C(OH)–C–C–N with tert-alkyl or cyclic N) is 1. The zero-order valence-electron chi connectivity index (χ0n) is 22.5. The quantitative estimate of drug-likeness (QED) is 0.287. The van der Waals surface area contributed by atoms with E-state index >= 15 is 0 Å². The van der Waals surface area contributed by atoms with Crippen LogP contribution in [-0.2, 0) is 13.0 Å². The van der Waals surface area contributed by atoms with E-state index < -0.39 is 12.1 Å². The fourth-order valence-electron chi connectivity index (χ4n) is 5.18. The zero-order chi connectivity index (χ0) is 28.3. The van der Waals surface area contributed by atoms with Crippen LogP contribution in [0.4, 0.5) is 0 Å². The maximum Gasteiger partial charge on any atom is 0.339 e. The number of aliphatic hydroxyl groups is 1. The van der Waals surface area contributed by atoms with Crippen LogP contribution in [0.1, 0.15) is 34.3 Å². The number of aliphatic hydroxyl groups excluding tert-OH is 1. The van der Waals surface area contributed by atoms with E-state index in [-0.39, 0.29) is 53.3 Å². The minimum absolute atomic E-state index is 0. The molecular weight excluding hydrogens is 593 g/mol. The van der Waals surface area contributed by atoms with Gasteiger partial charge in [-0.25, -0.2) is 4.79 Å². The van der Waals surface area contributed by atoms with Crippen LogP contribution < -0.4 is 18.9 Å². The molecule has 2 N–H and O–H groups in total. The monoisotopic (exact) mass is 623 g/mol. The summed E-state index contributed by atoms with van der Waals surface area (Å²) < 4.78 is 23.1. The highest BCUT2D eigenvalue weighted by Gasteiger charge is 2.42. The molecule has 0 amide bonds. The number of piperidine rings is 1. The molecule has 8 nitrogen and oxygen atoms in total. The summed E-state index contributed by atoms with van der Waals surface area (Å²) in [7, 11) is 1.59. The lowest BCUT2D eigenvalue weighted by atomic mass is 9.87. The van der Waals surface area contributed by atoms with Crippen molar-refractivity contribution in [2.75, 3.05) is 33.4 Å². The van der Waals surface area contributed by atoms with Gasteiger partial charge in [-0.3, -0.25) is 0 Å². The van der Waals surface area contributed by atoms with Gasteiger partial charge in [-0.15, -0.1) is 12.4 Å².